The SMILES string of the molecule is COCCOCC(N)c1ccc(C)c(F)c1F. The van der Waals surface area contributed by atoms with Gasteiger partial charge in [-0.25, -0.2) is 8.78 Å². The molecular weight excluding hydrogens is 228 g/mol. The van der Waals surface area contributed by atoms with E-state index >= 15 is 0 Å². The molecule has 5 heteroatoms. The number of aryl methyl sites for hydroxylation is 1. The molecule has 0 aliphatic heterocycles. The number of hydrogen-bond acceptors (Lipinski definition) is 3. The maximum Gasteiger partial charge on any atom is 0.163 e. The van der Waals surface area contributed by atoms with Crippen LogP contribution in [0.5, 0.6) is 0 Å². The molecule has 0 spiro atoms. The Kier molecular flexibility index (Phi) is 5.47. The summed E-state index contributed by atoms with van der Waals surface area (Å²) in [6.45, 7) is 2.45. The smallest absolute Gasteiger partial charge is 0.163 e. The average molecular weight is 245 g/mol. The van der Waals surface area contributed by atoms with Crippen LogP contribution in [-0.2, 0) is 9.47 Å². The normalized spacial score (nSPS) is 12.8. The van der Waals surface area contributed by atoms with E-state index in [2.05, 4.69) is 0 Å². The third kappa shape index (κ3) is 3.73. The van der Waals surface area contributed by atoms with Crippen LogP contribution in [0.2, 0.25) is 0 Å². The molecule has 1 unspecified atom stereocenters. The third-order valence-corrected chi connectivity index (χ3v) is 2.43. The Balaban J connectivity index is 2.63. The van der Waals surface area contributed by atoms with Crippen LogP contribution in [0.1, 0.15) is 17.2 Å². The number of hydrogen-bond donors (Lipinski definition) is 1. The second-order valence-electron chi connectivity index (χ2n) is 3.77. The average Bonchev–Trinajstić information content (AvgIpc) is 2.31. The van der Waals surface area contributed by atoms with E-state index in [1.54, 1.807) is 7.11 Å². The predicted molar refractivity (Wildman–Crippen MR) is 60.7 cm³/mol. The van der Waals surface area contributed by atoms with Crippen molar-refractivity contribution < 1.29 is 18.3 Å². The van der Waals surface area contributed by atoms with Crippen molar-refractivity contribution in [3.63, 3.8) is 0 Å². The van der Waals surface area contributed by atoms with Gasteiger partial charge < -0.3 is 15.2 Å². The highest BCUT2D eigenvalue weighted by molar-refractivity contribution is 5.27. The molecule has 17 heavy (non-hydrogen) atoms. The molecule has 0 aliphatic rings. The molecule has 0 aliphatic carbocycles. The summed E-state index contributed by atoms with van der Waals surface area (Å²) >= 11 is 0. The zero-order valence-corrected chi connectivity index (χ0v) is 10.0. The van der Waals surface area contributed by atoms with Crippen LogP contribution in [0.3, 0.4) is 0 Å². The Hall–Kier alpha value is -1.04. The molecule has 0 radical (unpaired) electrons. The van der Waals surface area contributed by atoms with E-state index < -0.39 is 17.7 Å². The highest BCUT2D eigenvalue weighted by Crippen LogP contribution is 2.20. The Morgan fingerprint density at radius 1 is 1.24 bits per heavy atom. The van der Waals surface area contributed by atoms with Crippen molar-refractivity contribution >= 4 is 0 Å². The molecule has 0 saturated heterocycles. The van der Waals surface area contributed by atoms with Crippen LogP contribution < -0.4 is 5.73 Å². The first-order valence-electron chi connectivity index (χ1n) is 5.34. The van der Waals surface area contributed by atoms with Crippen molar-refractivity contribution in [1.82, 2.24) is 0 Å². The van der Waals surface area contributed by atoms with Gasteiger partial charge in [0.2, 0.25) is 0 Å². The lowest BCUT2D eigenvalue weighted by Gasteiger charge is -2.14. The largest absolute Gasteiger partial charge is 0.382 e. The van der Waals surface area contributed by atoms with Gasteiger partial charge in [0.25, 0.3) is 0 Å². The Morgan fingerprint density at radius 3 is 2.59 bits per heavy atom. The Bertz CT molecular complexity index is 372. The summed E-state index contributed by atoms with van der Waals surface area (Å²) < 4.78 is 36.8. The highest BCUT2D eigenvalue weighted by Gasteiger charge is 2.16. The van der Waals surface area contributed by atoms with E-state index in [9.17, 15) is 8.78 Å². The van der Waals surface area contributed by atoms with Crippen molar-refractivity contribution in [2.75, 3.05) is 26.9 Å². The minimum atomic E-state index is -0.896. The fraction of sp³-hybridized carbons (Fsp3) is 0.500. The Labute approximate surface area is 99.5 Å². The molecule has 1 rings (SSSR count). The summed E-state index contributed by atoms with van der Waals surface area (Å²) in [5.74, 6) is -1.75. The molecule has 2 N–H and O–H groups in total. The second kappa shape index (κ2) is 6.64. The van der Waals surface area contributed by atoms with Gasteiger partial charge in [-0.3, -0.25) is 0 Å². The van der Waals surface area contributed by atoms with Gasteiger partial charge in [-0.1, -0.05) is 12.1 Å². The van der Waals surface area contributed by atoms with Gasteiger partial charge in [0.15, 0.2) is 11.6 Å². The number of rotatable bonds is 6. The molecule has 0 fully saturated rings. The molecule has 0 heterocycles. The van der Waals surface area contributed by atoms with Gasteiger partial charge in [0.1, 0.15) is 0 Å². The van der Waals surface area contributed by atoms with Gasteiger partial charge in [-0.05, 0) is 12.5 Å². The molecule has 0 aromatic heterocycles. The van der Waals surface area contributed by atoms with E-state index in [0.29, 0.717) is 13.2 Å². The number of methoxy groups -OCH3 is 1. The van der Waals surface area contributed by atoms with Crippen LogP contribution in [0, 0.1) is 18.6 Å². The van der Waals surface area contributed by atoms with Crippen LogP contribution in [0.4, 0.5) is 8.78 Å². The molecule has 96 valence electrons. The third-order valence-electron chi connectivity index (χ3n) is 2.43. The highest BCUT2D eigenvalue weighted by atomic mass is 19.2. The van der Waals surface area contributed by atoms with Gasteiger partial charge in [-0.2, -0.15) is 0 Å². The molecule has 1 atom stereocenters. The number of ether oxygens (including phenoxy) is 2. The summed E-state index contributed by atoms with van der Waals surface area (Å²) in [5.41, 5.74) is 6.12. The van der Waals surface area contributed by atoms with Crippen LogP contribution in [-0.4, -0.2) is 26.9 Å². The summed E-state index contributed by atoms with van der Waals surface area (Å²) in [7, 11) is 1.55. The maximum absolute atomic E-state index is 13.6. The Morgan fingerprint density at radius 2 is 1.94 bits per heavy atom. The first-order chi connectivity index (χ1) is 8.07. The zero-order valence-electron chi connectivity index (χ0n) is 10.0. The molecule has 3 nitrogen and oxygen atoms in total. The lowest BCUT2D eigenvalue weighted by atomic mass is 10.1. The van der Waals surface area contributed by atoms with E-state index in [-0.39, 0.29) is 17.7 Å². The molecular formula is C12H17F2NO2. The second-order valence-corrected chi connectivity index (χ2v) is 3.77. The van der Waals surface area contributed by atoms with Gasteiger partial charge in [0.05, 0.1) is 25.9 Å². The number of nitrogens with two attached hydrogens (primary N) is 1. The van der Waals surface area contributed by atoms with Gasteiger partial charge in [-0.15, -0.1) is 0 Å². The molecule has 0 saturated carbocycles. The fourth-order valence-electron chi connectivity index (χ4n) is 1.39. The number of halogens is 2. The lowest BCUT2D eigenvalue weighted by molar-refractivity contribution is 0.0631. The van der Waals surface area contributed by atoms with Crippen molar-refractivity contribution in [2.45, 2.75) is 13.0 Å². The van der Waals surface area contributed by atoms with Crippen molar-refractivity contribution in [3.05, 3.63) is 34.9 Å². The molecule has 0 bridgehead atoms. The minimum absolute atomic E-state index is 0.128. The monoisotopic (exact) mass is 245 g/mol. The van der Waals surface area contributed by atoms with Gasteiger partial charge in [0, 0.05) is 12.7 Å². The topological polar surface area (TPSA) is 44.5 Å². The predicted octanol–water partition coefficient (Wildman–Crippen LogP) is 1.94. The first kappa shape index (κ1) is 14.0. The fourth-order valence-corrected chi connectivity index (χ4v) is 1.39. The first-order valence-corrected chi connectivity index (χ1v) is 5.34. The van der Waals surface area contributed by atoms with E-state index in [1.165, 1.54) is 19.1 Å². The van der Waals surface area contributed by atoms with Crippen LogP contribution >= 0.6 is 0 Å². The van der Waals surface area contributed by atoms with Crippen molar-refractivity contribution in [1.29, 1.82) is 0 Å². The zero-order chi connectivity index (χ0) is 12.8. The maximum atomic E-state index is 13.6. The molecule has 1 aromatic rings. The minimum Gasteiger partial charge on any atom is -0.382 e. The summed E-state index contributed by atoms with van der Waals surface area (Å²) in [4.78, 5) is 0. The van der Waals surface area contributed by atoms with Crippen LogP contribution in [0.25, 0.3) is 0 Å². The summed E-state index contributed by atoms with van der Waals surface area (Å²) in [6.07, 6.45) is 0. The molecule has 0 amide bonds. The van der Waals surface area contributed by atoms with E-state index in [4.69, 9.17) is 15.2 Å². The van der Waals surface area contributed by atoms with E-state index in [1.807, 2.05) is 0 Å². The number of benzene rings is 1. The lowest BCUT2D eigenvalue weighted by Crippen LogP contribution is -2.20. The summed E-state index contributed by atoms with van der Waals surface area (Å²) in [5, 5.41) is 0. The quantitative estimate of drug-likeness (QED) is 0.779. The van der Waals surface area contributed by atoms with Crippen molar-refractivity contribution in [3.8, 4) is 0 Å². The molecule has 1 aromatic carbocycles. The summed E-state index contributed by atoms with van der Waals surface area (Å²) in [6, 6.07) is 2.31. The standard InChI is InChI=1S/C12H17F2NO2/c1-8-3-4-9(12(14)11(8)13)10(15)7-17-6-5-16-2/h3-4,10H,5-7,15H2,1-2H3. The van der Waals surface area contributed by atoms with E-state index in [0.717, 1.165) is 0 Å². The van der Waals surface area contributed by atoms with Gasteiger partial charge >= 0.3 is 0 Å². The van der Waals surface area contributed by atoms with Crippen molar-refractivity contribution in [2.24, 2.45) is 5.73 Å². The van der Waals surface area contributed by atoms with Crippen LogP contribution in [0.15, 0.2) is 12.1 Å².